The molecular weight excluding hydrogens is 339 g/mol. The van der Waals surface area contributed by atoms with Crippen LogP contribution in [0.25, 0.3) is 21.3 Å². The number of nitrogens with one attached hydrogen (secondary N) is 1. The number of aromatic nitrogens is 3. The number of ether oxygens (including phenoxy) is 1. The normalized spacial score (nSPS) is 11.4. The molecule has 0 amide bonds. The van der Waals surface area contributed by atoms with E-state index < -0.39 is 0 Å². The van der Waals surface area contributed by atoms with Crippen molar-refractivity contribution in [3.05, 3.63) is 42.0 Å². The highest BCUT2D eigenvalue weighted by Crippen LogP contribution is 2.35. The Balaban J connectivity index is 1.85. The number of halogens is 1. The number of aryl methyl sites for hydroxylation is 2. The fourth-order valence-corrected chi connectivity index (χ4v) is 3.94. The second-order valence-electron chi connectivity index (χ2n) is 5.67. The molecule has 4 aromatic rings. The van der Waals surface area contributed by atoms with Crippen LogP contribution in [0.15, 0.2) is 30.3 Å². The van der Waals surface area contributed by atoms with Crippen molar-refractivity contribution in [1.29, 1.82) is 0 Å². The Labute approximate surface area is 148 Å². The summed E-state index contributed by atoms with van der Waals surface area (Å²) < 4.78 is 22.1. The zero-order valence-corrected chi connectivity index (χ0v) is 14.9. The van der Waals surface area contributed by atoms with Crippen LogP contribution in [0.1, 0.15) is 12.7 Å². The van der Waals surface area contributed by atoms with E-state index in [4.69, 9.17) is 9.72 Å². The fourth-order valence-electron chi connectivity index (χ4n) is 3.06. The van der Waals surface area contributed by atoms with Crippen molar-refractivity contribution >= 4 is 43.4 Å². The van der Waals surface area contributed by atoms with E-state index in [1.54, 1.807) is 13.2 Å². The van der Waals surface area contributed by atoms with Crippen LogP contribution >= 0.6 is 11.3 Å². The van der Waals surface area contributed by atoms with Crippen molar-refractivity contribution < 1.29 is 9.13 Å². The topological polar surface area (TPSA) is 52.0 Å². The van der Waals surface area contributed by atoms with Gasteiger partial charge >= 0.3 is 0 Å². The molecule has 0 spiro atoms. The first-order valence-electron chi connectivity index (χ1n) is 7.97. The Morgan fingerprint density at radius 3 is 2.84 bits per heavy atom. The van der Waals surface area contributed by atoms with Gasteiger partial charge in [-0.05, 0) is 38.1 Å². The molecule has 0 radical (unpaired) electrons. The molecule has 5 nitrogen and oxygen atoms in total. The first-order chi connectivity index (χ1) is 12.1. The summed E-state index contributed by atoms with van der Waals surface area (Å²) in [5, 5.41) is 3.86. The minimum Gasteiger partial charge on any atom is -0.495 e. The predicted molar refractivity (Wildman–Crippen MR) is 99.6 cm³/mol. The lowest BCUT2D eigenvalue weighted by atomic mass is 10.3. The van der Waals surface area contributed by atoms with Gasteiger partial charge in [-0.15, -0.1) is 0 Å². The summed E-state index contributed by atoms with van der Waals surface area (Å²) in [5.41, 5.74) is 3.43. The summed E-state index contributed by atoms with van der Waals surface area (Å²) in [6.45, 7) is 4.92. The van der Waals surface area contributed by atoms with Gasteiger partial charge in [-0.3, -0.25) is 0 Å². The number of rotatable bonds is 4. The highest BCUT2D eigenvalue weighted by Gasteiger charge is 2.15. The molecule has 0 aliphatic rings. The van der Waals surface area contributed by atoms with Gasteiger partial charge in [-0.1, -0.05) is 11.3 Å². The van der Waals surface area contributed by atoms with Gasteiger partial charge in [0.2, 0.25) is 0 Å². The third-order valence-corrected chi connectivity index (χ3v) is 5.11. The summed E-state index contributed by atoms with van der Waals surface area (Å²) in [6, 6.07) is 8.41. The number of nitrogens with zero attached hydrogens (tertiary/aromatic N) is 3. The minimum absolute atomic E-state index is 0.327. The van der Waals surface area contributed by atoms with Crippen LogP contribution in [0, 0.1) is 12.7 Å². The zero-order chi connectivity index (χ0) is 17.6. The van der Waals surface area contributed by atoms with Gasteiger partial charge in [0.05, 0.1) is 28.5 Å². The fraction of sp³-hybridized carbons (Fsp3) is 0.222. The second kappa shape index (κ2) is 6.00. The molecule has 0 saturated carbocycles. The molecular formula is C18H17FN4OS. The van der Waals surface area contributed by atoms with Crippen LogP contribution in [0.5, 0.6) is 5.75 Å². The number of methoxy groups -OCH3 is 1. The molecule has 2 heterocycles. The molecule has 25 heavy (non-hydrogen) atoms. The number of thiazole rings is 1. The van der Waals surface area contributed by atoms with Crippen molar-refractivity contribution in [2.75, 3.05) is 12.4 Å². The van der Waals surface area contributed by atoms with E-state index in [0.717, 1.165) is 33.6 Å². The van der Waals surface area contributed by atoms with Crippen LogP contribution in [-0.4, -0.2) is 21.6 Å². The van der Waals surface area contributed by atoms with Gasteiger partial charge in [-0.25, -0.2) is 14.4 Å². The number of imidazole rings is 1. The molecule has 0 aliphatic carbocycles. The van der Waals surface area contributed by atoms with Gasteiger partial charge < -0.3 is 14.6 Å². The Hall–Kier alpha value is -2.67. The van der Waals surface area contributed by atoms with E-state index in [-0.39, 0.29) is 5.82 Å². The lowest BCUT2D eigenvalue weighted by molar-refractivity contribution is 0.416. The smallest absolute Gasteiger partial charge is 0.188 e. The Bertz CT molecular complexity index is 1090. The average Bonchev–Trinajstić information content (AvgIpc) is 3.14. The number of benzene rings is 2. The van der Waals surface area contributed by atoms with Crippen LogP contribution in [0.4, 0.5) is 15.2 Å². The van der Waals surface area contributed by atoms with Crippen LogP contribution in [0.2, 0.25) is 0 Å². The largest absolute Gasteiger partial charge is 0.495 e. The monoisotopic (exact) mass is 356 g/mol. The number of hydrogen-bond donors (Lipinski definition) is 1. The van der Waals surface area contributed by atoms with Gasteiger partial charge in [0.15, 0.2) is 5.13 Å². The molecule has 0 unspecified atom stereocenters. The first kappa shape index (κ1) is 15.8. The molecule has 0 fully saturated rings. The molecule has 2 aromatic carbocycles. The highest BCUT2D eigenvalue weighted by atomic mass is 32.1. The van der Waals surface area contributed by atoms with Gasteiger partial charge in [0.1, 0.15) is 22.9 Å². The van der Waals surface area contributed by atoms with E-state index in [2.05, 4.69) is 21.8 Å². The lowest BCUT2D eigenvalue weighted by Crippen LogP contribution is -1.97. The predicted octanol–water partition coefficient (Wildman–Crippen LogP) is 4.87. The van der Waals surface area contributed by atoms with Gasteiger partial charge in [0.25, 0.3) is 0 Å². The maximum atomic E-state index is 13.6. The average molecular weight is 356 g/mol. The molecule has 0 bridgehead atoms. The Morgan fingerprint density at radius 2 is 2.08 bits per heavy atom. The molecule has 7 heteroatoms. The first-order valence-corrected chi connectivity index (χ1v) is 8.79. The second-order valence-corrected chi connectivity index (χ2v) is 6.70. The zero-order valence-electron chi connectivity index (χ0n) is 14.1. The molecule has 4 rings (SSSR count). The van der Waals surface area contributed by atoms with Crippen molar-refractivity contribution in [1.82, 2.24) is 14.5 Å². The van der Waals surface area contributed by atoms with Crippen LogP contribution < -0.4 is 10.1 Å². The van der Waals surface area contributed by atoms with Crippen molar-refractivity contribution in [2.24, 2.45) is 0 Å². The van der Waals surface area contributed by atoms with E-state index in [9.17, 15) is 4.39 Å². The lowest BCUT2D eigenvalue weighted by Gasteiger charge is -2.08. The standard InChI is InChI=1S/C18H17FN4OS/c1-4-23-10(2)20-12-6-8-15-16(17(12)23)22-18(25-15)21-13-9-11(19)5-7-14(13)24-3/h5-9H,4H2,1-3H3,(H,21,22). The summed E-state index contributed by atoms with van der Waals surface area (Å²) in [4.78, 5) is 9.34. The number of anilines is 2. The van der Waals surface area contributed by atoms with E-state index in [0.29, 0.717) is 16.6 Å². The Kier molecular flexibility index (Phi) is 3.80. The number of hydrogen-bond acceptors (Lipinski definition) is 5. The van der Waals surface area contributed by atoms with E-state index in [1.807, 2.05) is 19.1 Å². The van der Waals surface area contributed by atoms with Gasteiger partial charge in [0, 0.05) is 12.6 Å². The van der Waals surface area contributed by atoms with Crippen molar-refractivity contribution in [3.63, 3.8) is 0 Å². The molecule has 1 N–H and O–H groups in total. The molecule has 128 valence electrons. The maximum absolute atomic E-state index is 13.6. The minimum atomic E-state index is -0.327. The number of fused-ring (bicyclic) bond motifs is 3. The highest BCUT2D eigenvalue weighted by molar-refractivity contribution is 7.22. The third-order valence-electron chi connectivity index (χ3n) is 4.18. The van der Waals surface area contributed by atoms with Crippen LogP contribution in [-0.2, 0) is 6.54 Å². The Morgan fingerprint density at radius 1 is 1.24 bits per heavy atom. The van der Waals surface area contributed by atoms with E-state index >= 15 is 0 Å². The van der Waals surface area contributed by atoms with Crippen molar-refractivity contribution in [3.8, 4) is 5.75 Å². The summed E-state index contributed by atoms with van der Waals surface area (Å²) in [5.74, 6) is 1.21. The molecule has 0 atom stereocenters. The summed E-state index contributed by atoms with van der Waals surface area (Å²) >= 11 is 1.52. The molecule has 2 aromatic heterocycles. The third kappa shape index (κ3) is 2.60. The molecule has 0 saturated heterocycles. The van der Waals surface area contributed by atoms with Crippen LogP contribution in [0.3, 0.4) is 0 Å². The quantitative estimate of drug-likeness (QED) is 0.567. The van der Waals surface area contributed by atoms with E-state index in [1.165, 1.54) is 23.5 Å². The summed E-state index contributed by atoms with van der Waals surface area (Å²) in [7, 11) is 1.56. The van der Waals surface area contributed by atoms with Crippen molar-refractivity contribution in [2.45, 2.75) is 20.4 Å². The summed E-state index contributed by atoms with van der Waals surface area (Å²) in [6.07, 6.45) is 0. The van der Waals surface area contributed by atoms with Gasteiger partial charge in [-0.2, -0.15) is 0 Å². The maximum Gasteiger partial charge on any atom is 0.188 e. The molecule has 0 aliphatic heterocycles. The SMILES string of the molecule is CCn1c(C)nc2ccc3sc(Nc4cc(F)ccc4OC)nc3c21.